The number of amides is 3. The Morgan fingerprint density at radius 1 is 0.967 bits per heavy atom. The normalized spacial score (nSPS) is 12.0. The molecule has 0 saturated heterocycles. The molecule has 0 heterocycles. The van der Waals surface area contributed by atoms with Crippen molar-refractivity contribution in [1.29, 1.82) is 0 Å². The predicted octanol–water partition coefficient (Wildman–Crippen LogP) is 2.30. The smallest absolute Gasteiger partial charge is 0.251 e. The lowest BCUT2D eigenvalue weighted by molar-refractivity contribution is -0.128. The van der Waals surface area contributed by atoms with Crippen LogP contribution in [0.25, 0.3) is 0 Å². The Morgan fingerprint density at radius 3 is 2.07 bits per heavy atom. The second kappa shape index (κ2) is 10.1. The first kappa shape index (κ1) is 23.1. The number of carbonyl (C=O) groups is 3. The first-order chi connectivity index (χ1) is 14.1. The molecule has 0 aromatic heterocycles. The Balaban J connectivity index is 2.20. The van der Waals surface area contributed by atoms with Crippen LogP contribution in [0.2, 0.25) is 19.6 Å². The molecule has 30 heavy (non-hydrogen) atoms. The van der Waals surface area contributed by atoms with E-state index in [4.69, 9.17) is 10.5 Å². The summed E-state index contributed by atoms with van der Waals surface area (Å²) in [5.74, 6) is -0.745. The molecule has 1 unspecified atom stereocenters. The molecule has 0 fully saturated rings. The fourth-order valence-corrected chi connectivity index (χ4v) is 4.00. The van der Waals surface area contributed by atoms with Crippen LogP contribution in [0.4, 0.5) is 5.69 Å². The highest BCUT2D eigenvalue weighted by atomic mass is 28.3. The van der Waals surface area contributed by atoms with Crippen molar-refractivity contribution in [2.24, 2.45) is 5.73 Å². The van der Waals surface area contributed by atoms with Gasteiger partial charge < -0.3 is 21.1 Å². The Bertz CT molecular complexity index is 890. The molecule has 2 rings (SSSR count). The fraction of sp³-hybridized carbons (Fsp3) is 0.318. The average molecular weight is 428 g/mol. The predicted molar refractivity (Wildman–Crippen MR) is 120 cm³/mol. The van der Waals surface area contributed by atoms with Crippen LogP contribution in [-0.2, 0) is 14.4 Å². The molecule has 4 N–H and O–H groups in total. The van der Waals surface area contributed by atoms with Crippen molar-refractivity contribution in [1.82, 2.24) is 5.32 Å². The van der Waals surface area contributed by atoms with E-state index >= 15 is 0 Å². The Labute approximate surface area is 178 Å². The number of carbonyl (C=O) groups excluding carboxylic acids is 3. The summed E-state index contributed by atoms with van der Waals surface area (Å²) in [6.45, 7) is 6.76. The van der Waals surface area contributed by atoms with Crippen LogP contribution >= 0.6 is 0 Å². The highest BCUT2D eigenvalue weighted by Crippen LogP contribution is 2.20. The summed E-state index contributed by atoms with van der Waals surface area (Å²) in [7, 11) is 0.111. The Kier molecular flexibility index (Phi) is 7.77. The van der Waals surface area contributed by atoms with Gasteiger partial charge in [-0.1, -0.05) is 49.1 Å². The van der Waals surface area contributed by atoms with Crippen LogP contribution in [0.1, 0.15) is 24.4 Å². The van der Waals surface area contributed by atoms with Gasteiger partial charge in [0.05, 0.1) is 15.2 Å². The number of anilines is 1. The molecule has 0 aliphatic rings. The third-order valence-electron chi connectivity index (χ3n) is 4.63. The van der Waals surface area contributed by atoms with Gasteiger partial charge in [0.25, 0.3) is 5.91 Å². The van der Waals surface area contributed by atoms with E-state index in [1.165, 1.54) is 5.19 Å². The number of methoxy groups -OCH3 is 1. The second-order valence-electron chi connectivity index (χ2n) is 8.06. The maximum Gasteiger partial charge on any atom is 0.251 e. The summed E-state index contributed by atoms with van der Waals surface area (Å²) in [5.41, 5.74) is 6.35. The molecule has 0 aliphatic carbocycles. The van der Waals surface area contributed by atoms with E-state index in [9.17, 15) is 14.4 Å². The zero-order valence-electron chi connectivity index (χ0n) is 17.8. The summed E-state index contributed by atoms with van der Waals surface area (Å²) >= 11 is 0. The first-order valence-corrected chi connectivity index (χ1v) is 13.2. The van der Waals surface area contributed by atoms with Crippen LogP contribution in [0.15, 0.2) is 48.5 Å². The molecule has 1 atom stereocenters. The highest BCUT2D eigenvalue weighted by molar-refractivity contribution is 6.88. The van der Waals surface area contributed by atoms with Crippen molar-refractivity contribution in [3.8, 4) is 5.75 Å². The third-order valence-corrected chi connectivity index (χ3v) is 6.70. The molecule has 0 spiro atoms. The first-order valence-electron chi connectivity index (χ1n) is 9.73. The lowest BCUT2D eigenvalue weighted by atomic mass is 10.1. The number of ether oxygens (including phenoxy) is 1. The molecule has 2 aromatic rings. The van der Waals surface area contributed by atoms with Crippen LogP contribution in [0, 0.1) is 0 Å². The zero-order valence-corrected chi connectivity index (χ0v) is 18.8. The molecule has 3 amide bonds. The number of nitrogens with one attached hydrogen (secondary N) is 2. The summed E-state index contributed by atoms with van der Waals surface area (Å²) in [6, 6.07) is 13.7. The Hall–Kier alpha value is -3.13. The standard InChI is InChI=1S/C22H29N3O4Si/c1-29-17-9-5-15(6-10-17)21(25-20(27)14-13-19(23)26)22(28)24-16-7-11-18(12-8-16)30(2,3)4/h5-12,21H,13-14H2,1-4H3,(H2,23,26)(H,24,28)(H,25,27). The topological polar surface area (TPSA) is 111 Å². The maximum absolute atomic E-state index is 13.0. The van der Waals surface area contributed by atoms with Crippen molar-refractivity contribution in [3.63, 3.8) is 0 Å². The molecular weight excluding hydrogens is 398 g/mol. The molecule has 2 aromatic carbocycles. The number of nitrogens with two attached hydrogens (primary N) is 1. The molecule has 0 aliphatic heterocycles. The van der Waals surface area contributed by atoms with Crippen molar-refractivity contribution in [2.45, 2.75) is 38.5 Å². The largest absolute Gasteiger partial charge is 0.497 e. The number of hydrogen-bond acceptors (Lipinski definition) is 4. The van der Waals surface area contributed by atoms with Gasteiger partial charge in [-0.2, -0.15) is 0 Å². The summed E-state index contributed by atoms with van der Waals surface area (Å²) in [6.07, 6.45) is -0.166. The quantitative estimate of drug-likeness (QED) is 0.533. The van der Waals surface area contributed by atoms with E-state index < -0.39 is 25.9 Å². The monoisotopic (exact) mass is 427 g/mol. The van der Waals surface area contributed by atoms with E-state index in [-0.39, 0.29) is 18.7 Å². The van der Waals surface area contributed by atoms with Crippen LogP contribution in [0.5, 0.6) is 5.75 Å². The molecular formula is C22H29N3O4Si. The van der Waals surface area contributed by atoms with E-state index in [1.807, 2.05) is 24.3 Å². The van der Waals surface area contributed by atoms with Gasteiger partial charge in [0, 0.05) is 18.5 Å². The van der Waals surface area contributed by atoms with E-state index in [2.05, 4.69) is 30.3 Å². The molecule has 8 heteroatoms. The zero-order chi connectivity index (χ0) is 22.3. The number of hydrogen-bond donors (Lipinski definition) is 3. The minimum absolute atomic E-state index is 0.0824. The van der Waals surface area contributed by atoms with Gasteiger partial charge in [-0.25, -0.2) is 0 Å². The molecule has 160 valence electrons. The van der Waals surface area contributed by atoms with Crippen LogP contribution < -0.4 is 26.3 Å². The lowest BCUT2D eigenvalue weighted by Crippen LogP contribution is -2.38. The van der Waals surface area contributed by atoms with Gasteiger partial charge >= 0.3 is 0 Å². The average Bonchev–Trinajstić information content (AvgIpc) is 2.70. The van der Waals surface area contributed by atoms with Gasteiger partial charge in [-0.15, -0.1) is 0 Å². The summed E-state index contributed by atoms with van der Waals surface area (Å²) in [4.78, 5) is 36.2. The van der Waals surface area contributed by atoms with Crippen molar-refractivity contribution < 1.29 is 19.1 Å². The lowest BCUT2D eigenvalue weighted by Gasteiger charge is -2.20. The third kappa shape index (κ3) is 6.73. The van der Waals surface area contributed by atoms with Crippen LogP contribution in [0.3, 0.4) is 0 Å². The van der Waals surface area contributed by atoms with Gasteiger partial charge in [0.2, 0.25) is 11.8 Å². The van der Waals surface area contributed by atoms with Crippen molar-refractivity contribution in [3.05, 3.63) is 54.1 Å². The van der Waals surface area contributed by atoms with Gasteiger partial charge in [-0.05, 0) is 29.8 Å². The van der Waals surface area contributed by atoms with Crippen molar-refractivity contribution in [2.75, 3.05) is 12.4 Å². The molecule has 0 saturated carbocycles. The van der Waals surface area contributed by atoms with Gasteiger partial charge in [0.1, 0.15) is 11.8 Å². The molecule has 7 nitrogen and oxygen atoms in total. The summed E-state index contributed by atoms with van der Waals surface area (Å²) in [5, 5.41) is 6.83. The van der Waals surface area contributed by atoms with Gasteiger partial charge in [-0.3, -0.25) is 14.4 Å². The summed E-state index contributed by atoms with van der Waals surface area (Å²) < 4.78 is 5.15. The Morgan fingerprint density at radius 2 is 1.57 bits per heavy atom. The maximum atomic E-state index is 13.0. The van der Waals surface area contributed by atoms with Crippen molar-refractivity contribution >= 4 is 36.7 Å². The number of benzene rings is 2. The second-order valence-corrected chi connectivity index (χ2v) is 13.1. The fourth-order valence-electron chi connectivity index (χ4n) is 2.83. The minimum atomic E-state index is -1.44. The molecule has 0 bridgehead atoms. The molecule has 0 radical (unpaired) electrons. The van der Waals surface area contributed by atoms with Crippen LogP contribution in [-0.4, -0.2) is 32.9 Å². The number of primary amides is 1. The van der Waals surface area contributed by atoms with E-state index in [0.717, 1.165) is 0 Å². The highest BCUT2D eigenvalue weighted by Gasteiger charge is 2.23. The van der Waals surface area contributed by atoms with E-state index in [0.29, 0.717) is 17.0 Å². The van der Waals surface area contributed by atoms with E-state index in [1.54, 1.807) is 31.4 Å². The van der Waals surface area contributed by atoms with Gasteiger partial charge in [0.15, 0.2) is 0 Å². The number of rotatable bonds is 9. The minimum Gasteiger partial charge on any atom is -0.497 e. The SMILES string of the molecule is COc1ccc(C(NC(=O)CCC(N)=O)C(=O)Nc2ccc([Si](C)(C)C)cc2)cc1.